The van der Waals surface area contributed by atoms with Crippen molar-refractivity contribution in [3.63, 3.8) is 0 Å². The number of ether oxygens (including phenoxy) is 2. The van der Waals surface area contributed by atoms with Crippen molar-refractivity contribution >= 4 is 34.2 Å². The second kappa shape index (κ2) is 9.69. The summed E-state index contributed by atoms with van der Waals surface area (Å²) in [6.07, 6.45) is 2.53. The Morgan fingerprint density at radius 2 is 1.93 bits per heavy atom. The molecular weight excluding hydrogens is 390 g/mol. The van der Waals surface area contributed by atoms with Crippen LogP contribution < -0.4 is 5.32 Å². The van der Waals surface area contributed by atoms with E-state index in [2.05, 4.69) is 22.2 Å². The van der Waals surface area contributed by atoms with Crippen LogP contribution in [0.4, 0.5) is 5.00 Å². The van der Waals surface area contributed by atoms with Gasteiger partial charge in [0, 0.05) is 11.3 Å². The molecule has 1 atom stereocenters. The van der Waals surface area contributed by atoms with Gasteiger partial charge >= 0.3 is 11.9 Å². The highest BCUT2D eigenvalue weighted by Gasteiger charge is 2.30. The molecule has 1 aliphatic carbocycles. The molecule has 2 aromatic rings. The lowest BCUT2D eigenvalue weighted by Gasteiger charge is -2.23. The number of methoxy groups -OCH3 is 1. The summed E-state index contributed by atoms with van der Waals surface area (Å²) >= 11 is 1.43. The van der Waals surface area contributed by atoms with Crippen molar-refractivity contribution in [2.45, 2.75) is 44.9 Å². The SMILES string of the molecule is CCOC(=O)c1c(NC(=O)CCC(=O)OC)sc2c1CCC(c1ccccc1)C2. The van der Waals surface area contributed by atoms with E-state index in [-0.39, 0.29) is 25.4 Å². The molecule has 154 valence electrons. The minimum atomic E-state index is -0.443. The van der Waals surface area contributed by atoms with E-state index in [9.17, 15) is 14.4 Å². The summed E-state index contributed by atoms with van der Waals surface area (Å²) in [4.78, 5) is 37.3. The molecule has 0 bridgehead atoms. The van der Waals surface area contributed by atoms with Crippen LogP contribution in [0.1, 0.15) is 58.5 Å². The molecule has 6 nitrogen and oxygen atoms in total. The van der Waals surface area contributed by atoms with Gasteiger partial charge in [0.2, 0.25) is 5.91 Å². The zero-order valence-corrected chi connectivity index (χ0v) is 17.5. The summed E-state index contributed by atoms with van der Waals surface area (Å²) in [7, 11) is 1.29. The predicted molar refractivity (Wildman–Crippen MR) is 111 cm³/mol. The third kappa shape index (κ3) is 5.03. The highest BCUT2D eigenvalue weighted by Crippen LogP contribution is 2.42. The molecule has 1 unspecified atom stereocenters. The van der Waals surface area contributed by atoms with Crippen LogP contribution in [0.15, 0.2) is 30.3 Å². The average Bonchev–Trinajstić information content (AvgIpc) is 3.09. The maximum atomic E-state index is 12.6. The lowest BCUT2D eigenvalue weighted by Crippen LogP contribution is -2.17. The van der Waals surface area contributed by atoms with E-state index in [1.54, 1.807) is 6.92 Å². The molecule has 0 saturated heterocycles. The Balaban J connectivity index is 1.83. The first-order valence-corrected chi connectivity index (χ1v) is 10.6. The number of thiophene rings is 1. The van der Waals surface area contributed by atoms with Crippen LogP contribution in [-0.2, 0) is 31.9 Å². The summed E-state index contributed by atoms with van der Waals surface area (Å²) in [6.45, 7) is 2.03. The molecule has 0 spiro atoms. The first-order valence-electron chi connectivity index (χ1n) is 9.76. The molecule has 29 heavy (non-hydrogen) atoms. The smallest absolute Gasteiger partial charge is 0.341 e. The summed E-state index contributed by atoms with van der Waals surface area (Å²) in [5, 5.41) is 3.32. The van der Waals surface area contributed by atoms with Gasteiger partial charge in [0.15, 0.2) is 0 Å². The van der Waals surface area contributed by atoms with E-state index in [1.165, 1.54) is 24.0 Å². The van der Waals surface area contributed by atoms with Gasteiger partial charge in [-0.05, 0) is 43.2 Å². The van der Waals surface area contributed by atoms with Gasteiger partial charge < -0.3 is 14.8 Å². The third-order valence-corrected chi connectivity index (χ3v) is 6.22. The van der Waals surface area contributed by atoms with E-state index < -0.39 is 11.9 Å². The van der Waals surface area contributed by atoms with E-state index in [4.69, 9.17) is 4.74 Å². The monoisotopic (exact) mass is 415 g/mol. The van der Waals surface area contributed by atoms with Gasteiger partial charge in [-0.15, -0.1) is 11.3 Å². The van der Waals surface area contributed by atoms with Crippen molar-refractivity contribution in [2.24, 2.45) is 0 Å². The second-order valence-electron chi connectivity index (χ2n) is 6.90. The van der Waals surface area contributed by atoms with Crippen molar-refractivity contribution < 1.29 is 23.9 Å². The van der Waals surface area contributed by atoms with Crippen molar-refractivity contribution in [3.05, 3.63) is 51.9 Å². The zero-order valence-electron chi connectivity index (χ0n) is 16.7. The molecule has 3 rings (SSSR count). The van der Waals surface area contributed by atoms with Crippen molar-refractivity contribution in [1.82, 2.24) is 0 Å². The normalized spacial score (nSPS) is 15.3. The number of carbonyl (C=O) groups excluding carboxylic acids is 3. The van der Waals surface area contributed by atoms with Gasteiger partial charge in [-0.1, -0.05) is 30.3 Å². The van der Waals surface area contributed by atoms with Crippen molar-refractivity contribution in [2.75, 3.05) is 19.0 Å². The number of rotatable bonds is 7. The second-order valence-corrected chi connectivity index (χ2v) is 8.01. The van der Waals surface area contributed by atoms with E-state index in [0.717, 1.165) is 29.7 Å². The van der Waals surface area contributed by atoms with Gasteiger partial charge in [-0.2, -0.15) is 0 Å². The lowest BCUT2D eigenvalue weighted by molar-refractivity contribution is -0.141. The maximum Gasteiger partial charge on any atom is 0.341 e. The Bertz CT molecular complexity index is 890. The average molecular weight is 416 g/mol. The molecule has 1 N–H and O–H groups in total. The van der Waals surface area contributed by atoms with E-state index in [0.29, 0.717) is 16.5 Å². The van der Waals surface area contributed by atoms with Gasteiger partial charge in [-0.3, -0.25) is 9.59 Å². The third-order valence-electron chi connectivity index (χ3n) is 5.05. The first-order chi connectivity index (χ1) is 14.0. The maximum absolute atomic E-state index is 12.6. The van der Waals surface area contributed by atoms with Crippen LogP contribution in [-0.4, -0.2) is 31.6 Å². The Labute approximate surface area is 174 Å². The topological polar surface area (TPSA) is 81.7 Å². The van der Waals surface area contributed by atoms with E-state index >= 15 is 0 Å². The van der Waals surface area contributed by atoms with Gasteiger partial charge in [0.05, 0.1) is 25.7 Å². The molecule has 7 heteroatoms. The van der Waals surface area contributed by atoms with Crippen LogP contribution in [0.5, 0.6) is 0 Å². The van der Waals surface area contributed by atoms with Crippen LogP contribution in [0.3, 0.4) is 0 Å². The molecular formula is C22H25NO5S. The van der Waals surface area contributed by atoms with Crippen LogP contribution in [0, 0.1) is 0 Å². The van der Waals surface area contributed by atoms with Crippen LogP contribution in [0.2, 0.25) is 0 Å². The number of benzene rings is 1. The van der Waals surface area contributed by atoms with Crippen LogP contribution in [0.25, 0.3) is 0 Å². The number of hydrogen-bond donors (Lipinski definition) is 1. The molecule has 1 heterocycles. The number of anilines is 1. The summed E-state index contributed by atoms with van der Waals surface area (Å²) in [6, 6.07) is 10.3. The Kier molecular flexibility index (Phi) is 7.04. The molecule has 0 fully saturated rings. The van der Waals surface area contributed by atoms with E-state index in [1.807, 2.05) is 18.2 Å². The largest absolute Gasteiger partial charge is 0.469 e. The molecule has 1 aromatic carbocycles. The fourth-order valence-electron chi connectivity index (χ4n) is 3.61. The number of carbonyl (C=O) groups is 3. The molecule has 0 saturated carbocycles. The fourth-order valence-corrected chi connectivity index (χ4v) is 4.94. The predicted octanol–water partition coefficient (Wildman–Crippen LogP) is 4.09. The van der Waals surface area contributed by atoms with Gasteiger partial charge in [0.25, 0.3) is 0 Å². The van der Waals surface area contributed by atoms with Crippen LogP contribution >= 0.6 is 11.3 Å². The number of amides is 1. The number of nitrogens with one attached hydrogen (secondary N) is 1. The van der Waals surface area contributed by atoms with Crippen molar-refractivity contribution in [1.29, 1.82) is 0 Å². The standard InChI is InChI=1S/C22H25NO5S/c1-3-28-22(26)20-16-10-9-15(14-7-5-4-6-8-14)13-17(16)29-21(20)23-18(24)11-12-19(25)27-2/h4-8,15H,3,9-13H2,1-2H3,(H,23,24). The Morgan fingerprint density at radius 3 is 2.62 bits per heavy atom. The fraction of sp³-hybridized carbons (Fsp3) is 0.409. The van der Waals surface area contributed by atoms with Gasteiger partial charge in [-0.25, -0.2) is 4.79 Å². The Morgan fingerprint density at radius 1 is 1.17 bits per heavy atom. The zero-order chi connectivity index (χ0) is 20.8. The summed E-state index contributed by atoms with van der Waals surface area (Å²) < 4.78 is 9.82. The number of hydrogen-bond acceptors (Lipinski definition) is 6. The highest BCUT2D eigenvalue weighted by molar-refractivity contribution is 7.17. The summed E-state index contributed by atoms with van der Waals surface area (Å²) in [5.74, 6) is -0.784. The summed E-state index contributed by atoms with van der Waals surface area (Å²) in [5.41, 5.74) is 2.72. The highest BCUT2D eigenvalue weighted by atomic mass is 32.1. The minimum Gasteiger partial charge on any atom is -0.469 e. The quantitative estimate of drug-likeness (QED) is 0.689. The minimum absolute atomic E-state index is 0.00174. The lowest BCUT2D eigenvalue weighted by atomic mass is 9.83. The molecule has 1 amide bonds. The number of fused-ring (bicyclic) bond motifs is 1. The molecule has 0 aliphatic heterocycles. The molecule has 0 radical (unpaired) electrons. The van der Waals surface area contributed by atoms with Gasteiger partial charge in [0.1, 0.15) is 5.00 Å². The Hall–Kier alpha value is -2.67. The first kappa shape index (κ1) is 21.0. The molecule has 1 aromatic heterocycles. The van der Waals surface area contributed by atoms with Crippen molar-refractivity contribution in [3.8, 4) is 0 Å². The molecule has 1 aliphatic rings. The number of esters is 2.